The Kier molecular flexibility index (Phi) is 10.0. The zero-order valence-electron chi connectivity index (χ0n) is 15.1. The summed E-state index contributed by atoms with van der Waals surface area (Å²) in [5.74, 6) is 0.527. The molecule has 0 aromatic heterocycles. The highest BCUT2D eigenvalue weighted by Gasteiger charge is 2.12. The van der Waals surface area contributed by atoms with E-state index in [1.165, 1.54) is 74.5 Å². The van der Waals surface area contributed by atoms with Crippen LogP contribution in [0.15, 0.2) is 12.1 Å². The van der Waals surface area contributed by atoms with E-state index in [0.29, 0.717) is 5.75 Å². The third-order valence-corrected chi connectivity index (χ3v) is 4.58. The first kappa shape index (κ1) is 19.1. The summed E-state index contributed by atoms with van der Waals surface area (Å²) in [6.07, 6.45) is 14.8. The summed E-state index contributed by atoms with van der Waals surface area (Å²) in [4.78, 5) is 0. The van der Waals surface area contributed by atoms with Gasteiger partial charge in [-0.25, -0.2) is 0 Å². The van der Waals surface area contributed by atoms with Crippen molar-refractivity contribution < 1.29 is 5.11 Å². The summed E-state index contributed by atoms with van der Waals surface area (Å²) in [6.45, 7) is 6.75. The first-order valence-corrected chi connectivity index (χ1v) is 9.57. The van der Waals surface area contributed by atoms with Gasteiger partial charge in [-0.15, -0.1) is 0 Å². The van der Waals surface area contributed by atoms with Gasteiger partial charge in [-0.2, -0.15) is 0 Å². The van der Waals surface area contributed by atoms with Crippen LogP contribution in [0.2, 0.25) is 0 Å². The van der Waals surface area contributed by atoms with Crippen molar-refractivity contribution in [1.29, 1.82) is 0 Å². The predicted octanol–water partition coefficient (Wildman–Crippen LogP) is 6.59. The van der Waals surface area contributed by atoms with Crippen LogP contribution in [-0.4, -0.2) is 5.11 Å². The van der Waals surface area contributed by atoms with Crippen molar-refractivity contribution in [3.05, 3.63) is 28.8 Å². The predicted molar refractivity (Wildman–Crippen MR) is 97.8 cm³/mol. The lowest BCUT2D eigenvalue weighted by atomic mass is 9.90. The molecule has 0 bridgehead atoms. The fourth-order valence-electron chi connectivity index (χ4n) is 3.26. The number of unbranched alkanes of at least 4 members (excludes halogenated alkanes) is 6. The van der Waals surface area contributed by atoms with Gasteiger partial charge in [0.25, 0.3) is 0 Å². The van der Waals surface area contributed by atoms with Crippen LogP contribution < -0.4 is 0 Å². The standard InChI is InChI=1S/C21H36O/c1-4-7-9-10-11-12-15-20-19(14-8-5-2)18(13-6-3)16-17-21(20)22/h16-17,22H,4-15H2,1-3H3. The Balaban J connectivity index is 2.70. The van der Waals surface area contributed by atoms with Gasteiger partial charge in [0.15, 0.2) is 0 Å². The molecule has 22 heavy (non-hydrogen) atoms. The maximum absolute atomic E-state index is 10.3. The molecule has 0 unspecified atom stereocenters. The van der Waals surface area contributed by atoms with E-state index >= 15 is 0 Å². The summed E-state index contributed by atoms with van der Waals surface area (Å²) in [6, 6.07) is 4.07. The van der Waals surface area contributed by atoms with Crippen LogP contribution in [0.25, 0.3) is 0 Å². The number of aryl methyl sites for hydroxylation is 1. The van der Waals surface area contributed by atoms with E-state index in [0.717, 1.165) is 19.3 Å². The van der Waals surface area contributed by atoms with Crippen molar-refractivity contribution in [2.24, 2.45) is 0 Å². The highest BCUT2D eigenvalue weighted by molar-refractivity contribution is 5.45. The summed E-state index contributed by atoms with van der Waals surface area (Å²) in [5.41, 5.74) is 4.17. The van der Waals surface area contributed by atoms with Gasteiger partial charge >= 0.3 is 0 Å². The molecule has 0 fully saturated rings. The van der Waals surface area contributed by atoms with Crippen LogP contribution in [0.3, 0.4) is 0 Å². The topological polar surface area (TPSA) is 20.2 Å². The molecular formula is C21H36O. The molecule has 1 aromatic rings. The molecule has 1 rings (SSSR count). The van der Waals surface area contributed by atoms with Crippen molar-refractivity contribution in [2.45, 2.75) is 97.8 Å². The Morgan fingerprint density at radius 3 is 1.95 bits per heavy atom. The van der Waals surface area contributed by atoms with Gasteiger partial charge in [0, 0.05) is 0 Å². The summed E-state index contributed by atoms with van der Waals surface area (Å²) in [7, 11) is 0. The summed E-state index contributed by atoms with van der Waals surface area (Å²) in [5, 5.41) is 10.3. The molecule has 126 valence electrons. The zero-order valence-corrected chi connectivity index (χ0v) is 15.1. The molecule has 0 aliphatic carbocycles. The minimum absolute atomic E-state index is 0.527. The second kappa shape index (κ2) is 11.6. The van der Waals surface area contributed by atoms with Crippen LogP contribution >= 0.6 is 0 Å². The van der Waals surface area contributed by atoms with Crippen molar-refractivity contribution >= 4 is 0 Å². The number of aromatic hydroxyl groups is 1. The molecule has 1 N–H and O–H groups in total. The van der Waals surface area contributed by atoms with Gasteiger partial charge in [-0.05, 0) is 54.9 Å². The van der Waals surface area contributed by atoms with Crippen molar-refractivity contribution in [1.82, 2.24) is 0 Å². The number of phenolic OH excluding ortho intramolecular Hbond substituents is 1. The van der Waals surface area contributed by atoms with Gasteiger partial charge in [0.2, 0.25) is 0 Å². The van der Waals surface area contributed by atoms with Crippen LogP contribution in [0, 0.1) is 0 Å². The minimum atomic E-state index is 0.527. The van der Waals surface area contributed by atoms with Crippen molar-refractivity contribution in [3.63, 3.8) is 0 Å². The number of rotatable bonds is 12. The molecule has 0 aliphatic rings. The van der Waals surface area contributed by atoms with E-state index in [9.17, 15) is 5.11 Å². The third-order valence-electron chi connectivity index (χ3n) is 4.58. The second-order valence-corrected chi connectivity index (χ2v) is 6.57. The smallest absolute Gasteiger partial charge is 0.119 e. The second-order valence-electron chi connectivity index (χ2n) is 6.57. The SMILES string of the molecule is CCCCCCCCc1c(O)ccc(CCC)c1CCCC. The largest absolute Gasteiger partial charge is 0.508 e. The average Bonchev–Trinajstić information content (AvgIpc) is 2.52. The molecule has 0 aliphatic heterocycles. The van der Waals surface area contributed by atoms with Gasteiger partial charge in [-0.3, -0.25) is 0 Å². The molecule has 0 amide bonds. The maximum Gasteiger partial charge on any atom is 0.119 e. The maximum atomic E-state index is 10.3. The fraction of sp³-hybridized carbons (Fsp3) is 0.714. The van der Waals surface area contributed by atoms with Gasteiger partial charge in [-0.1, -0.05) is 71.8 Å². The average molecular weight is 305 g/mol. The highest BCUT2D eigenvalue weighted by atomic mass is 16.3. The number of hydrogen-bond acceptors (Lipinski definition) is 1. The number of benzene rings is 1. The molecule has 1 heteroatoms. The molecule has 1 aromatic carbocycles. The number of phenols is 1. The lowest BCUT2D eigenvalue weighted by Crippen LogP contribution is -2.02. The molecule has 0 atom stereocenters. The van der Waals surface area contributed by atoms with Gasteiger partial charge < -0.3 is 5.11 Å². The quantitative estimate of drug-likeness (QED) is 0.432. The molecule has 0 heterocycles. The van der Waals surface area contributed by atoms with E-state index < -0.39 is 0 Å². The van der Waals surface area contributed by atoms with E-state index in [1.807, 2.05) is 6.07 Å². The lowest BCUT2D eigenvalue weighted by Gasteiger charge is -2.16. The molecule has 0 saturated carbocycles. The molecule has 0 spiro atoms. The Hall–Kier alpha value is -0.980. The van der Waals surface area contributed by atoms with Gasteiger partial charge in [0.1, 0.15) is 5.75 Å². The van der Waals surface area contributed by atoms with Crippen LogP contribution in [0.1, 0.15) is 95.2 Å². The van der Waals surface area contributed by atoms with Crippen LogP contribution in [0.5, 0.6) is 5.75 Å². The highest BCUT2D eigenvalue weighted by Crippen LogP contribution is 2.29. The van der Waals surface area contributed by atoms with E-state index in [2.05, 4.69) is 26.8 Å². The molecular weight excluding hydrogens is 268 g/mol. The van der Waals surface area contributed by atoms with E-state index in [4.69, 9.17) is 0 Å². The first-order valence-electron chi connectivity index (χ1n) is 9.57. The van der Waals surface area contributed by atoms with Crippen molar-refractivity contribution in [2.75, 3.05) is 0 Å². The first-order chi connectivity index (χ1) is 10.7. The van der Waals surface area contributed by atoms with E-state index in [-0.39, 0.29) is 0 Å². The lowest BCUT2D eigenvalue weighted by molar-refractivity contribution is 0.464. The van der Waals surface area contributed by atoms with Crippen LogP contribution in [0.4, 0.5) is 0 Å². The Morgan fingerprint density at radius 1 is 0.636 bits per heavy atom. The van der Waals surface area contributed by atoms with Crippen molar-refractivity contribution in [3.8, 4) is 5.75 Å². The number of hydrogen-bond donors (Lipinski definition) is 1. The summed E-state index contributed by atoms with van der Waals surface area (Å²) < 4.78 is 0. The Morgan fingerprint density at radius 2 is 1.27 bits per heavy atom. The minimum Gasteiger partial charge on any atom is -0.508 e. The summed E-state index contributed by atoms with van der Waals surface area (Å²) >= 11 is 0. The third kappa shape index (κ3) is 6.42. The molecule has 0 radical (unpaired) electrons. The van der Waals surface area contributed by atoms with Crippen LogP contribution in [-0.2, 0) is 19.3 Å². The zero-order chi connectivity index (χ0) is 16.2. The molecule has 1 nitrogen and oxygen atoms in total. The van der Waals surface area contributed by atoms with Gasteiger partial charge in [0.05, 0.1) is 0 Å². The Bertz CT molecular complexity index is 409. The Labute approximate surface area is 138 Å². The van der Waals surface area contributed by atoms with E-state index in [1.54, 1.807) is 0 Å². The molecule has 0 saturated heterocycles. The fourth-order valence-corrected chi connectivity index (χ4v) is 3.26. The normalized spacial score (nSPS) is 11.0. The monoisotopic (exact) mass is 304 g/mol.